The number of hydrogen-bond donors (Lipinski definition) is 1. The number of carboxylic acids is 1. The van der Waals surface area contributed by atoms with Gasteiger partial charge in [0, 0.05) is 24.1 Å². The Balaban J connectivity index is 2.03. The molecule has 7 heteroatoms. The lowest BCUT2D eigenvalue weighted by molar-refractivity contribution is -0.384. The summed E-state index contributed by atoms with van der Waals surface area (Å²) in [4.78, 5) is 24.9. The first-order valence-electron chi connectivity index (χ1n) is 5.62. The van der Waals surface area contributed by atoms with Crippen molar-refractivity contribution in [1.29, 1.82) is 0 Å². The Morgan fingerprint density at radius 1 is 1.35 bits per heavy atom. The van der Waals surface area contributed by atoms with Crippen molar-refractivity contribution < 1.29 is 14.8 Å². The van der Waals surface area contributed by atoms with Crippen LogP contribution in [0, 0.1) is 10.1 Å². The molecule has 0 amide bonds. The van der Waals surface area contributed by atoms with Crippen molar-refractivity contribution in [2.45, 2.75) is 10.8 Å². The van der Waals surface area contributed by atoms with E-state index in [4.69, 9.17) is 5.11 Å². The second-order valence-electron chi connectivity index (χ2n) is 3.91. The molecule has 0 spiro atoms. The predicted octanol–water partition coefficient (Wildman–Crippen LogP) is 2.98. The minimum atomic E-state index is -1.02. The molecule has 0 aliphatic carbocycles. The fourth-order valence-corrected chi connectivity index (χ4v) is 2.29. The van der Waals surface area contributed by atoms with Gasteiger partial charge < -0.3 is 5.11 Å². The Kier molecular flexibility index (Phi) is 4.31. The van der Waals surface area contributed by atoms with Gasteiger partial charge in [0.25, 0.3) is 5.69 Å². The molecular weight excluding hydrogens is 280 g/mol. The van der Waals surface area contributed by atoms with E-state index in [9.17, 15) is 14.9 Å². The number of nitro groups is 1. The smallest absolute Gasteiger partial charge is 0.337 e. The second kappa shape index (κ2) is 6.16. The van der Waals surface area contributed by atoms with Gasteiger partial charge in [-0.2, -0.15) is 0 Å². The molecule has 1 aromatic carbocycles. The van der Waals surface area contributed by atoms with Crippen LogP contribution >= 0.6 is 11.8 Å². The first-order valence-corrected chi connectivity index (χ1v) is 6.60. The van der Waals surface area contributed by atoms with E-state index in [0.717, 1.165) is 5.56 Å². The third-order valence-electron chi connectivity index (χ3n) is 2.49. The van der Waals surface area contributed by atoms with Crippen LogP contribution in [0.4, 0.5) is 5.69 Å². The number of aromatic nitrogens is 1. The van der Waals surface area contributed by atoms with Gasteiger partial charge in [0.1, 0.15) is 0 Å². The van der Waals surface area contributed by atoms with Crippen LogP contribution in [0.1, 0.15) is 15.9 Å². The molecule has 0 aliphatic heterocycles. The number of rotatable bonds is 5. The zero-order valence-electron chi connectivity index (χ0n) is 10.2. The number of carboxylic acid groups (broad SMARTS) is 1. The molecule has 0 aliphatic rings. The van der Waals surface area contributed by atoms with E-state index >= 15 is 0 Å². The van der Waals surface area contributed by atoms with Crippen LogP contribution in [0.5, 0.6) is 0 Å². The third kappa shape index (κ3) is 3.55. The highest BCUT2D eigenvalue weighted by Crippen LogP contribution is 2.23. The number of carbonyl (C=O) groups is 1. The summed E-state index contributed by atoms with van der Waals surface area (Å²) in [6, 6.07) is 9.48. The normalized spacial score (nSPS) is 10.2. The highest BCUT2D eigenvalue weighted by Gasteiger charge is 2.07. The average Bonchev–Trinajstić information content (AvgIpc) is 2.46. The Morgan fingerprint density at radius 2 is 2.15 bits per heavy atom. The number of nitrogens with zero attached hydrogens (tertiary/aromatic N) is 2. The van der Waals surface area contributed by atoms with Crippen molar-refractivity contribution in [2.75, 3.05) is 0 Å². The van der Waals surface area contributed by atoms with E-state index < -0.39 is 10.9 Å². The van der Waals surface area contributed by atoms with Gasteiger partial charge in [-0.3, -0.25) is 10.1 Å². The van der Waals surface area contributed by atoms with E-state index in [1.165, 1.54) is 36.2 Å². The maximum absolute atomic E-state index is 10.7. The van der Waals surface area contributed by atoms with E-state index in [2.05, 4.69) is 4.98 Å². The zero-order valence-corrected chi connectivity index (χ0v) is 11.0. The summed E-state index contributed by atoms with van der Waals surface area (Å²) < 4.78 is 0. The molecule has 6 nitrogen and oxygen atoms in total. The highest BCUT2D eigenvalue weighted by molar-refractivity contribution is 7.98. The Morgan fingerprint density at radius 3 is 2.75 bits per heavy atom. The van der Waals surface area contributed by atoms with Gasteiger partial charge in [0.05, 0.1) is 15.5 Å². The number of pyridine rings is 1. The number of aromatic carboxylic acids is 1. The van der Waals surface area contributed by atoms with Crippen molar-refractivity contribution in [3.05, 3.63) is 63.8 Å². The van der Waals surface area contributed by atoms with Gasteiger partial charge in [0.2, 0.25) is 0 Å². The zero-order chi connectivity index (χ0) is 14.5. The molecule has 2 rings (SSSR count). The summed E-state index contributed by atoms with van der Waals surface area (Å²) in [5.74, 6) is -0.492. The SMILES string of the molecule is O=C(O)c1ccc(SCc2cccc([N+](=O)[O-])c2)nc1. The Labute approximate surface area is 118 Å². The van der Waals surface area contributed by atoms with E-state index in [0.29, 0.717) is 10.8 Å². The standard InChI is InChI=1S/C13H10N2O4S/c16-13(17)10-4-5-12(14-7-10)20-8-9-2-1-3-11(6-9)15(18)19/h1-7H,8H2,(H,16,17). The lowest BCUT2D eigenvalue weighted by Crippen LogP contribution is -1.96. The molecule has 0 bridgehead atoms. The average molecular weight is 290 g/mol. The Bertz CT molecular complexity index is 643. The number of non-ortho nitro benzene ring substituents is 1. The highest BCUT2D eigenvalue weighted by atomic mass is 32.2. The molecular formula is C13H10N2O4S. The summed E-state index contributed by atoms with van der Waals surface area (Å²) in [5.41, 5.74) is 0.996. The van der Waals surface area contributed by atoms with Crippen LogP contribution in [0.3, 0.4) is 0 Å². The number of hydrogen-bond acceptors (Lipinski definition) is 5. The number of nitro benzene ring substituents is 1. The van der Waals surface area contributed by atoms with E-state index in [1.807, 2.05) is 0 Å². The van der Waals surface area contributed by atoms with Gasteiger partial charge >= 0.3 is 5.97 Å². The summed E-state index contributed by atoms with van der Waals surface area (Å²) >= 11 is 1.39. The van der Waals surface area contributed by atoms with Gasteiger partial charge in [-0.05, 0) is 17.7 Å². The van der Waals surface area contributed by atoms with Crippen LogP contribution in [-0.2, 0) is 5.75 Å². The first-order chi connectivity index (χ1) is 9.56. The monoisotopic (exact) mass is 290 g/mol. The molecule has 2 aromatic rings. The topological polar surface area (TPSA) is 93.3 Å². The molecule has 0 fully saturated rings. The second-order valence-corrected chi connectivity index (χ2v) is 4.90. The molecule has 1 N–H and O–H groups in total. The first kappa shape index (κ1) is 14.0. The van der Waals surface area contributed by atoms with Crippen molar-refractivity contribution in [3.8, 4) is 0 Å². The van der Waals surface area contributed by atoms with Crippen LogP contribution in [0.15, 0.2) is 47.6 Å². The summed E-state index contributed by atoms with van der Waals surface area (Å²) in [5, 5.41) is 20.1. The van der Waals surface area contributed by atoms with Gasteiger partial charge in [0.15, 0.2) is 0 Å². The van der Waals surface area contributed by atoms with Crippen LogP contribution in [-0.4, -0.2) is 21.0 Å². The fraction of sp³-hybridized carbons (Fsp3) is 0.0769. The van der Waals surface area contributed by atoms with Crippen molar-refractivity contribution in [3.63, 3.8) is 0 Å². The molecule has 0 unspecified atom stereocenters. The predicted molar refractivity (Wildman–Crippen MR) is 73.9 cm³/mol. The van der Waals surface area contributed by atoms with Gasteiger partial charge in [-0.25, -0.2) is 9.78 Å². The van der Waals surface area contributed by atoms with Crippen LogP contribution < -0.4 is 0 Å². The molecule has 0 atom stereocenters. The lowest BCUT2D eigenvalue weighted by Gasteiger charge is -2.02. The van der Waals surface area contributed by atoms with E-state index in [1.54, 1.807) is 18.2 Å². The van der Waals surface area contributed by atoms with Gasteiger partial charge in [-0.1, -0.05) is 12.1 Å². The van der Waals surface area contributed by atoms with Crippen LogP contribution in [0.25, 0.3) is 0 Å². The number of benzene rings is 1. The molecule has 20 heavy (non-hydrogen) atoms. The number of thioether (sulfide) groups is 1. The van der Waals surface area contributed by atoms with Crippen LogP contribution in [0.2, 0.25) is 0 Å². The lowest BCUT2D eigenvalue weighted by atomic mass is 10.2. The molecule has 1 aromatic heterocycles. The summed E-state index contributed by atoms with van der Waals surface area (Å²) in [7, 11) is 0. The minimum absolute atomic E-state index is 0.0530. The third-order valence-corrected chi connectivity index (χ3v) is 3.51. The molecule has 0 saturated heterocycles. The quantitative estimate of drug-likeness (QED) is 0.517. The Hall–Kier alpha value is -2.41. The van der Waals surface area contributed by atoms with Crippen molar-refractivity contribution in [2.24, 2.45) is 0 Å². The summed E-state index contributed by atoms with van der Waals surface area (Å²) in [6.07, 6.45) is 1.29. The molecule has 0 saturated carbocycles. The molecule has 1 heterocycles. The largest absolute Gasteiger partial charge is 0.478 e. The minimum Gasteiger partial charge on any atom is -0.478 e. The van der Waals surface area contributed by atoms with Crippen molar-refractivity contribution in [1.82, 2.24) is 4.98 Å². The van der Waals surface area contributed by atoms with Gasteiger partial charge in [-0.15, -0.1) is 11.8 Å². The molecule has 0 radical (unpaired) electrons. The maximum atomic E-state index is 10.7. The van der Waals surface area contributed by atoms with Crippen molar-refractivity contribution >= 4 is 23.4 Å². The summed E-state index contributed by atoms with van der Waals surface area (Å²) in [6.45, 7) is 0. The fourth-order valence-electron chi connectivity index (χ4n) is 1.51. The maximum Gasteiger partial charge on any atom is 0.337 e. The van der Waals surface area contributed by atoms with E-state index in [-0.39, 0.29) is 11.3 Å². The molecule has 102 valence electrons.